The molecule has 0 aliphatic rings. The van der Waals surface area contributed by atoms with E-state index >= 15 is 0 Å². The van der Waals surface area contributed by atoms with Crippen molar-refractivity contribution in [2.75, 3.05) is 19.8 Å². The maximum Gasteiger partial charge on any atom is 0.306 e. The fraction of sp³-hybridized carbons (Fsp3) is 0.921. The molecule has 0 aliphatic carbocycles. The molecule has 250 valence electrons. The van der Waals surface area contributed by atoms with Gasteiger partial charge in [-0.25, -0.2) is 0 Å². The fourth-order valence-electron chi connectivity index (χ4n) is 5.50. The van der Waals surface area contributed by atoms with Crippen molar-refractivity contribution in [2.45, 2.75) is 206 Å². The highest BCUT2D eigenvalue weighted by Gasteiger charge is 2.13. The minimum atomic E-state index is -0.527. The fourth-order valence-corrected chi connectivity index (χ4v) is 5.50. The Hall–Kier alpha value is -0.870. The van der Waals surface area contributed by atoms with Crippen LogP contribution in [0, 0.1) is 0 Å². The van der Waals surface area contributed by atoms with Gasteiger partial charge in [0.05, 0.1) is 13.2 Å². The molecule has 0 aromatic rings. The second-order valence-electron chi connectivity index (χ2n) is 12.7. The second-order valence-corrected chi connectivity index (χ2v) is 12.7. The molecular formula is C38H74O4. The van der Waals surface area contributed by atoms with Gasteiger partial charge in [-0.3, -0.25) is 4.79 Å². The highest BCUT2D eigenvalue weighted by Crippen LogP contribution is 2.14. The van der Waals surface area contributed by atoms with Gasteiger partial charge in [0.2, 0.25) is 0 Å². The number of hydrogen-bond donors (Lipinski definition) is 1. The lowest BCUT2D eigenvalue weighted by molar-refractivity contribution is -0.154. The summed E-state index contributed by atoms with van der Waals surface area (Å²) < 4.78 is 11.1. The van der Waals surface area contributed by atoms with Gasteiger partial charge in [-0.05, 0) is 38.5 Å². The SMILES string of the molecule is CCCCCCCC/C=C\CCCCCCCCCCCC(=O)OC(CO)COCCCCCCCCCCCCC. The maximum absolute atomic E-state index is 12.1. The minimum Gasteiger partial charge on any atom is -0.457 e. The molecule has 0 aromatic heterocycles. The molecule has 0 bridgehead atoms. The van der Waals surface area contributed by atoms with Crippen LogP contribution in [-0.2, 0) is 14.3 Å². The van der Waals surface area contributed by atoms with Crippen molar-refractivity contribution in [3.05, 3.63) is 12.2 Å². The molecule has 0 heterocycles. The lowest BCUT2D eigenvalue weighted by Crippen LogP contribution is -2.27. The maximum atomic E-state index is 12.1. The summed E-state index contributed by atoms with van der Waals surface area (Å²) in [5.74, 6) is -0.201. The Morgan fingerprint density at radius 1 is 0.548 bits per heavy atom. The first-order valence-corrected chi connectivity index (χ1v) is 18.8. The lowest BCUT2D eigenvalue weighted by Gasteiger charge is -2.16. The summed E-state index contributed by atoms with van der Waals surface area (Å²) in [7, 11) is 0. The van der Waals surface area contributed by atoms with Crippen LogP contribution in [-0.4, -0.2) is 37.0 Å². The van der Waals surface area contributed by atoms with Gasteiger partial charge in [-0.2, -0.15) is 0 Å². The summed E-state index contributed by atoms with van der Waals surface area (Å²) in [5.41, 5.74) is 0. The van der Waals surface area contributed by atoms with Crippen molar-refractivity contribution in [2.24, 2.45) is 0 Å². The molecular weight excluding hydrogens is 520 g/mol. The average Bonchev–Trinajstić information content (AvgIpc) is 3.00. The summed E-state index contributed by atoms with van der Waals surface area (Å²) in [5, 5.41) is 9.54. The van der Waals surface area contributed by atoms with E-state index in [1.165, 1.54) is 161 Å². The van der Waals surface area contributed by atoms with Gasteiger partial charge >= 0.3 is 5.97 Å². The summed E-state index contributed by atoms with van der Waals surface area (Å²) in [6.45, 7) is 5.36. The van der Waals surface area contributed by atoms with E-state index in [1.807, 2.05) is 0 Å². The van der Waals surface area contributed by atoms with E-state index in [1.54, 1.807) is 0 Å². The average molecular weight is 595 g/mol. The van der Waals surface area contributed by atoms with Crippen molar-refractivity contribution in [1.82, 2.24) is 0 Å². The number of allylic oxidation sites excluding steroid dienone is 2. The largest absolute Gasteiger partial charge is 0.457 e. The Kier molecular flexibility index (Phi) is 35.6. The van der Waals surface area contributed by atoms with Crippen LogP contribution in [0.1, 0.15) is 200 Å². The number of hydrogen-bond acceptors (Lipinski definition) is 4. The third-order valence-corrected chi connectivity index (χ3v) is 8.34. The Labute approximate surface area is 263 Å². The third kappa shape index (κ3) is 33.6. The van der Waals surface area contributed by atoms with E-state index in [9.17, 15) is 9.90 Å². The number of unbranched alkanes of at least 4 members (excludes halogenated alkanes) is 25. The summed E-state index contributed by atoms with van der Waals surface area (Å²) in [6, 6.07) is 0. The summed E-state index contributed by atoms with van der Waals surface area (Å²) >= 11 is 0. The zero-order valence-corrected chi connectivity index (χ0v) is 28.5. The molecule has 0 rings (SSSR count). The molecule has 0 amide bonds. The molecule has 0 aliphatic heterocycles. The predicted octanol–water partition coefficient (Wildman–Crippen LogP) is 11.8. The number of carbonyl (C=O) groups is 1. The van der Waals surface area contributed by atoms with Crippen molar-refractivity contribution in [1.29, 1.82) is 0 Å². The first-order valence-electron chi connectivity index (χ1n) is 18.8. The Bertz CT molecular complexity index is 547. The molecule has 0 aromatic carbocycles. The van der Waals surface area contributed by atoms with Crippen molar-refractivity contribution in [3.63, 3.8) is 0 Å². The van der Waals surface area contributed by atoms with Crippen LogP contribution in [0.3, 0.4) is 0 Å². The van der Waals surface area contributed by atoms with Gasteiger partial charge in [0, 0.05) is 13.0 Å². The smallest absolute Gasteiger partial charge is 0.306 e. The van der Waals surface area contributed by atoms with Crippen LogP contribution < -0.4 is 0 Å². The zero-order chi connectivity index (χ0) is 30.6. The van der Waals surface area contributed by atoms with Gasteiger partial charge < -0.3 is 14.6 Å². The molecule has 4 heteroatoms. The second kappa shape index (κ2) is 36.3. The Balaban J connectivity index is 3.40. The van der Waals surface area contributed by atoms with Crippen LogP contribution in [0.2, 0.25) is 0 Å². The normalized spacial score (nSPS) is 12.4. The molecule has 0 fully saturated rings. The van der Waals surface area contributed by atoms with Crippen LogP contribution in [0.15, 0.2) is 12.2 Å². The monoisotopic (exact) mass is 595 g/mol. The number of ether oxygens (including phenoxy) is 2. The Morgan fingerprint density at radius 3 is 1.36 bits per heavy atom. The number of rotatable bonds is 35. The molecule has 1 atom stereocenters. The summed E-state index contributed by atoms with van der Waals surface area (Å²) in [4.78, 5) is 12.1. The van der Waals surface area contributed by atoms with Crippen LogP contribution in [0.5, 0.6) is 0 Å². The van der Waals surface area contributed by atoms with E-state index < -0.39 is 6.10 Å². The van der Waals surface area contributed by atoms with Gasteiger partial charge in [0.1, 0.15) is 6.10 Å². The van der Waals surface area contributed by atoms with E-state index in [0.29, 0.717) is 19.6 Å². The highest BCUT2D eigenvalue weighted by molar-refractivity contribution is 5.69. The molecule has 1 unspecified atom stereocenters. The van der Waals surface area contributed by atoms with Gasteiger partial charge in [0.25, 0.3) is 0 Å². The number of carbonyl (C=O) groups excluding carboxylic acids is 1. The van der Waals surface area contributed by atoms with Crippen LogP contribution in [0.25, 0.3) is 0 Å². The number of esters is 1. The first kappa shape index (κ1) is 41.1. The van der Waals surface area contributed by atoms with Crippen LogP contribution >= 0.6 is 0 Å². The van der Waals surface area contributed by atoms with Crippen molar-refractivity contribution in [3.8, 4) is 0 Å². The topological polar surface area (TPSA) is 55.8 Å². The lowest BCUT2D eigenvalue weighted by atomic mass is 10.1. The Morgan fingerprint density at radius 2 is 0.929 bits per heavy atom. The van der Waals surface area contributed by atoms with Crippen molar-refractivity contribution < 1.29 is 19.4 Å². The minimum absolute atomic E-state index is 0.167. The molecule has 0 saturated carbocycles. The number of aliphatic hydroxyl groups is 1. The number of aliphatic hydroxyl groups excluding tert-OH is 1. The van der Waals surface area contributed by atoms with Crippen molar-refractivity contribution >= 4 is 5.97 Å². The van der Waals surface area contributed by atoms with Gasteiger partial charge in [-0.15, -0.1) is 0 Å². The molecule has 4 nitrogen and oxygen atoms in total. The van der Waals surface area contributed by atoms with Crippen LogP contribution in [0.4, 0.5) is 0 Å². The van der Waals surface area contributed by atoms with Gasteiger partial charge in [0.15, 0.2) is 0 Å². The zero-order valence-electron chi connectivity index (χ0n) is 28.5. The molecule has 1 N–H and O–H groups in total. The first-order chi connectivity index (χ1) is 20.7. The quantitative estimate of drug-likeness (QED) is 0.0450. The van der Waals surface area contributed by atoms with E-state index in [-0.39, 0.29) is 12.6 Å². The highest BCUT2D eigenvalue weighted by atomic mass is 16.6. The third-order valence-electron chi connectivity index (χ3n) is 8.34. The molecule has 0 radical (unpaired) electrons. The molecule has 0 saturated heterocycles. The predicted molar refractivity (Wildman–Crippen MR) is 182 cm³/mol. The van der Waals surface area contributed by atoms with E-state index in [0.717, 1.165) is 19.3 Å². The van der Waals surface area contributed by atoms with Gasteiger partial charge in [-0.1, -0.05) is 167 Å². The standard InChI is InChI=1S/C38H74O4/c1-3-5-7-9-11-13-15-16-17-18-19-20-21-22-23-25-27-29-31-33-38(40)42-37(35-39)36-41-34-32-30-28-26-24-14-12-10-8-6-4-2/h16-17,37,39H,3-15,18-36H2,1-2H3/b17-16-. The molecule has 0 spiro atoms. The van der Waals surface area contributed by atoms with E-state index in [2.05, 4.69) is 26.0 Å². The summed E-state index contributed by atoms with van der Waals surface area (Å²) in [6.07, 6.45) is 41.1. The van der Waals surface area contributed by atoms with E-state index in [4.69, 9.17) is 9.47 Å². The molecule has 42 heavy (non-hydrogen) atoms.